The predicted octanol–water partition coefficient (Wildman–Crippen LogP) is 2.55. The van der Waals surface area contributed by atoms with Gasteiger partial charge in [0.25, 0.3) is 0 Å². The number of nitrogens with zero attached hydrogens (tertiary/aromatic N) is 1. The zero-order chi connectivity index (χ0) is 8.10. The predicted molar refractivity (Wildman–Crippen MR) is 47.7 cm³/mol. The Kier molecular flexibility index (Phi) is 3.12. The van der Waals surface area contributed by atoms with Crippen molar-refractivity contribution in [2.45, 2.75) is 12.3 Å². The van der Waals surface area contributed by atoms with Gasteiger partial charge in [0.15, 0.2) is 0 Å². The van der Waals surface area contributed by atoms with Gasteiger partial charge in [0.05, 0.1) is 0 Å². The largest absolute Gasteiger partial charge is 0.261 e. The Bertz CT molecular complexity index is 245. The van der Waals surface area contributed by atoms with Crippen LogP contribution in [-0.4, -0.2) is 4.98 Å². The smallest absolute Gasteiger partial charge is 0.0475 e. The first-order valence-electron chi connectivity index (χ1n) is 3.47. The number of alkyl halides is 1. The second kappa shape index (κ2) is 4.14. The van der Waals surface area contributed by atoms with Gasteiger partial charge in [-0.25, -0.2) is 0 Å². The van der Waals surface area contributed by atoms with Crippen molar-refractivity contribution >= 4 is 11.6 Å². The highest BCUT2D eigenvalue weighted by molar-refractivity contribution is 6.17. The highest BCUT2D eigenvalue weighted by atomic mass is 35.5. The van der Waals surface area contributed by atoms with Gasteiger partial charge in [0.1, 0.15) is 0 Å². The van der Waals surface area contributed by atoms with Crippen LogP contribution in [0.2, 0.25) is 0 Å². The molecule has 0 amide bonds. The number of halogens is 1. The van der Waals surface area contributed by atoms with Crippen LogP contribution in [0.15, 0.2) is 31.0 Å². The Morgan fingerprint density at radius 1 is 1.64 bits per heavy atom. The number of allylic oxidation sites excluding steroid dienone is 1. The van der Waals surface area contributed by atoms with E-state index in [0.29, 0.717) is 5.88 Å². The van der Waals surface area contributed by atoms with Crippen LogP contribution in [0.3, 0.4) is 0 Å². The third-order valence-corrected chi connectivity index (χ3v) is 1.70. The molecule has 58 valence electrons. The van der Waals surface area contributed by atoms with Crippen LogP contribution in [0.1, 0.15) is 11.3 Å². The summed E-state index contributed by atoms with van der Waals surface area (Å²) in [6, 6.07) is 3.91. The van der Waals surface area contributed by atoms with Gasteiger partial charge in [-0.05, 0) is 17.7 Å². The molecule has 1 rings (SSSR count). The van der Waals surface area contributed by atoms with E-state index in [1.165, 1.54) is 0 Å². The minimum Gasteiger partial charge on any atom is -0.261 e. The third kappa shape index (κ3) is 2.35. The van der Waals surface area contributed by atoms with Gasteiger partial charge < -0.3 is 0 Å². The highest BCUT2D eigenvalue weighted by Crippen LogP contribution is 2.05. The van der Waals surface area contributed by atoms with Crippen LogP contribution < -0.4 is 0 Å². The van der Waals surface area contributed by atoms with Crippen LogP contribution in [-0.2, 0) is 12.3 Å². The Morgan fingerprint density at radius 3 is 3.09 bits per heavy atom. The summed E-state index contributed by atoms with van der Waals surface area (Å²) in [7, 11) is 0. The highest BCUT2D eigenvalue weighted by Gasteiger charge is 1.92. The summed E-state index contributed by atoms with van der Waals surface area (Å²) in [6.45, 7) is 3.64. The molecule has 2 heteroatoms. The molecule has 0 fully saturated rings. The summed E-state index contributed by atoms with van der Waals surface area (Å²) in [5.41, 5.74) is 2.14. The molecule has 11 heavy (non-hydrogen) atoms. The maximum absolute atomic E-state index is 5.65. The molecule has 0 aliphatic rings. The van der Waals surface area contributed by atoms with Gasteiger partial charge in [-0.15, -0.1) is 18.2 Å². The van der Waals surface area contributed by atoms with Gasteiger partial charge in [-0.3, -0.25) is 4.98 Å². The summed E-state index contributed by atoms with van der Waals surface area (Å²) in [5.74, 6) is 0.548. The molecule has 1 nitrogen and oxygen atoms in total. The molecule has 0 spiro atoms. The standard InChI is InChI=1S/C9H10ClN/c1-2-3-9-6-8(7-10)4-5-11-9/h2,4-6H,1,3,7H2. The summed E-state index contributed by atoms with van der Waals surface area (Å²) >= 11 is 5.65. The summed E-state index contributed by atoms with van der Waals surface area (Å²) in [4.78, 5) is 4.15. The summed E-state index contributed by atoms with van der Waals surface area (Å²) in [5, 5.41) is 0. The fraction of sp³-hybridized carbons (Fsp3) is 0.222. The molecular weight excluding hydrogens is 158 g/mol. The lowest BCUT2D eigenvalue weighted by atomic mass is 10.2. The van der Waals surface area contributed by atoms with Crippen molar-refractivity contribution in [3.63, 3.8) is 0 Å². The van der Waals surface area contributed by atoms with Crippen molar-refractivity contribution < 1.29 is 0 Å². The van der Waals surface area contributed by atoms with Crippen LogP contribution in [0, 0.1) is 0 Å². The van der Waals surface area contributed by atoms with Gasteiger partial charge in [0, 0.05) is 24.2 Å². The average Bonchev–Trinajstić information content (AvgIpc) is 2.06. The van der Waals surface area contributed by atoms with Gasteiger partial charge in [-0.1, -0.05) is 6.08 Å². The number of pyridine rings is 1. The zero-order valence-corrected chi connectivity index (χ0v) is 7.01. The number of hydrogen-bond donors (Lipinski definition) is 0. The molecule has 0 aromatic carbocycles. The minimum atomic E-state index is 0.548. The lowest BCUT2D eigenvalue weighted by Crippen LogP contribution is -1.88. The molecule has 0 bridgehead atoms. The molecule has 0 radical (unpaired) electrons. The number of hydrogen-bond acceptors (Lipinski definition) is 1. The Morgan fingerprint density at radius 2 is 2.45 bits per heavy atom. The lowest BCUT2D eigenvalue weighted by Gasteiger charge is -1.97. The third-order valence-electron chi connectivity index (χ3n) is 1.39. The summed E-state index contributed by atoms with van der Waals surface area (Å²) < 4.78 is 0. The molecule has 0 N–H and O–H groups in total. The Hall–Kier alpha value is -0.820. The molecule has 1 heterocycles. The normalized spacial score (nSPS) is 9.55. The van der Waals surface area contributed by atoms with Crippen LogP contribution in [0.4, 0.5) is 0 Å². The molecule has 0 atom stereocenters. The molecule has 1 aromatic rings. The number of rotatable bonds is 3. The van der Waals surface area contributed by atoms with E-state index in [9.17, 15) is 0 Å². The van der Waals surface area contributed by atoms with E-state index in [0.717, 1.165) is 17.7 Å². The van der Waals surface area contributed by atoms with Crippen molar-refractivity contribution in [3.05, 3.63) is 42.2 Å². The van der Waals surface area contributed by atoms with E-state index >= 15 is 0 Å². The van der Waals surface area contributed by atoms with E-state index in [1.54, 1.807) is 6.20 Å². The fourth-order valence-corrected chi connectivity index (χ4v) is 1.04. The van der Waals surface area contributed by atoms with E-state index in [1.807, 2.05) is 18.2 Å². The topological polar surface area (TPSA) is 12.9 Å². The molecule has 0 aliphatic heterocycles. The lowest BCUT2D eigenvalue weighted by molar-refractivity contribution is 1.09. The quantitative estimate of drug-likeness (QED) is 0.498. The van der Waals surface area contributed by atoms with Crippen LogP contribution >= 0.6 is 11.6 Å². The fourth-order valence-electron chi connectivity index (χ4n) is 0.871. The molecule has 0 aliphatic carbocycles. The Balaban J connectivity index is 2.82. The molecule has 0 unspecified atom stereocenters. The van der Waals surface area contributed by atoms with Crippen molar-refractivity contribution in [1.82, 2.24) is 4.98 Å². The monoisotopic (exact) mass is 167 g/mol. The second-order valence-corrected chi connectivity index (χ2v) is 2.55. The molecule has 1 aromatic heterocycles. The van der Waals surface area contributed by atoms with Crippen molar-refractivity contribution in [1.29, 1.82) is 0 Å². The van der Waals surface area contributed by atoms with Crippen LogP contribution in [0.25, 0.3) is 0 Å². The minimum absolute atomic E-state index is 0.548. The first kappa shape index (κ1) is 8.28. The van der Waals surface area contributed by atoms with Crippen LogP contribution in [0.5, 0.6) is 0 Å². The second-order valence-electron chi connectivity index (χ2n) is 2.28. The molecule has 0 saturated carbocycles. The SMILES string of the molecule is C=CCc1cc(CCl)ccn1. The van der Waals surface area contributed by atoms with E-state index < -0.39 is 0 Å². The Labute approximate surface area is 71.7 Å². The number of aromatic nitrogens is 1. The average molecular weight is 168 g/mol. The van der Waals surface area contributed by atoms with Gasteiger partial charge >= 0.3 is 0 Å². The van der Waals surface area contributed by atoms with Crippen molar-refractivity contribution in [2.24, 2.45) is 0 Å². The van der Waals surface area contributed by atoms with E-state index in [4.69, 9.17) is 11.6 Å². The maximum Gasteiger partial charge on any atom is 0.0475 e. The zero-order valence-electron chi connectivity index (χ0n) is 6.26. The van der Waals surface area contributed by atoms with Gasteiger partial charge in [0.2, 0.25) is 0 Å². The first-order valence-corrected chi connectivity index (χ1v) is 4.01. The van der Waals surface area contributed by atoms with E-state index in [-0.39, 0.29) is 0 Å². The molecule has 0 saturated heterocycles. The van der Waals surface area contributed by atoms with E-state index in [2.05, 4.69) is 11.6 Å². The van der Waals surface area contributed by atoms with Gasteiger partial charge in [-0.2, -0.15) is 0 Å². The maximum atomic E-state index is 5.65. The molecular formula is C9H10ClN. The van der Waals surface area contributed by atoms with Crippen molar-refractivity contribution in [3.8, 4) is 0 Å². The first-order chi connectivity index (χ1) is 5.36. The summed E-state index contributed by atoms with van der Waals surface area (Å²) in [6.07, 6.45) is 4.42. The van der Waals surface area contributed by atoms with Crippen molar-refractivity contribution in [2.75, 3.05) is 0 Å².